The zero-order valence-electron chi connectivity index (χ0n) is 16.6. The Hall–Kier alpha value is -2.37. The molecular weight excluding hydrogens is 426 g/mol. The van der Waals surface area contributed by atoms with Crippen LogP contribution in [0.3, 0.4) is 0 Å². The van der Waals surface area contributed by atoms with E-state index >= 15 is 0 Å². The highest BCUT2D eigenvalue weighted by Crippen LogP contribution is 2.30. The largest absolute Gasteiger partial charge is 0.463 e. The summed E-state index contributed by atoms with van der Waals surface area (Å²) in [6.45, 7) is 3.61. The average molecular weight is 450 g/mol. The van der Waals surface area contributed by atoms with Crippen LogP contribution < -0.4 is 10.6 Å². The summed E-state index contributed by atoms with van der Waals surface area (Å²) >= 11 is 3.04. The number of hydrogen-bond donors (Lipinski definition) is 2. The summed E-state index contributed by atoms with van der Waals surface area (Å²) in [6, 6.07) is 3.67. The summed E-state index contributed by atoms with van der Waals surface area (Å²) in [4.78, 5) is 25.1. The van der Waals surface area contributed by atoms with E-state index in [0.717, 1.165) is 35.3 Å². The fourth-order valence-electron chi connectivity index (χ4n) is 3.35. The molecule has 1 saturated heterocycles. The summed E-state index contributed by atoms with van der Waals surface area (Å²) in [5.74, 6) is 0.744. The van der Waals surface area contributed by atoms with Crippen molar-refractivity contribution in [3.63, 3.8) is 0 Å². The quantitative estimate of drug-likeness (QED) is 0.471. The van der Waals surface area contributed by atoms with Crippen LogP contribution in [-0.4, -0.2) is 58.4 Å². The number of thiophene rings is 1. The van der Waals surface area contributed by atoms with Gasteiger partial charge in [-0.15, -0.1) is 21.5 Å². The monoisotopic (exact) mass is 449 g/mol. The van der Waals surface area contributed by atoms with Gasteiger partial charge in [0, 0.05) is 18.1 Å². The molecule has 1 atom stereocenters. The van der Waals surface area contributed by atoms with E-state index in [1.807, 2.05) is 17.5 Å². The number of aromatic nitrogens is 3. The molecular formula is C19H23N5O4S2. The minimum absolute atomic E-state index is 0.131. The first-order valence-corrected chi connectivity index (χ1v) is 11.7. The summed E-state index contributed by atoms with van der Waals surface area (Å²) in [5.41, 5.74) is 0.958. The van der Waals surface area contributed by atoms with Crippen LogP contribution in [-0.2, 0) is 20.8 Å². The summed E-state index contributed by atoms with van der Waals surface area (Å²) < 4.78 is 13.0. The van der Waals surface area contributed by atoms with E-state index in [1.54, 1.807) is 18.3 Å². The van der Waals surface area contributed by atoms with Gasteiger partial charge >= 0.3 is 12.0 Å². The van der Waals surface area contributed by atoms with Crippen molar-refractivity contribution in [3.8, 4) is 10.7 Å². The van der Waals surface area contributed by atoms with Gasteiger partial charge in [-0.2, -0.15) is 0 Å². The summed E-state index contributed by atoms with van der Waals surface area (Å²) in [6.07, 6.45) is 2.19. The molecule has 11 heteroatoms. The van der Waals surface area contributed by atoms with E-state index in [0.29, 0.717) is 23.6 Å². The van der Waals surface area contributed by atoms with Crippen molar-refractivity contribution in [2.75, 3.05) is 25.5 Å². The zero-order chi connectivity index (χ0) is 20.9. The van der Waals surface area contributed by atoms with Gasteiger partial charge in [0.05, 0.1) is 36.3 Å². The fourth-order valence-corrected chi connectivity index (χ4v) is 5.00. The number of amides is 2. The number of carbonyl (C=O) groups is 2. The van der Waals surface area contributed by atoms with E-state index in [2.05, 4.69) is 25.4 Å². The Morgan fingerprint density at radius 3 is 3.10 bits per heavy atom. The molecule has 0 saturated carbocycles. The molecule has 160 valence electrons. The van der Waals surface area contributed by atoms with Crippen molar-refractivity contribution in [2.45, 2.75) is 37.6 Å². The number of rotatable bonds is 8. The Morgan fingerprint density at radius 2 is 2.37 bits per heavy atom. The van der Waals surface area contributed by atoms with Gasteiger partial charge in [0.2, 0.25) is 0 Å². The number of esters is 1. The highest BCUT2D eigenvalue weighted by atomic mass is 32.2. The lowest BCUT2D eigenvalue weighted by Gasteiger charge is -2.21. The molecule has 0 bridgehead atoms. The first kappa shape index (κ1) is 20.9. The maximum atomic E-state index is 12.3. The normalized spacial score (nSPS) is 19.0. The van der Waals surface area contributed by atoms with Gasteiger partial charge in [-0.25, -0.2) is 9.59 Å². The van der Waals surface area contributed by atoms with Crippen LogP contribution in [0.5, 0.6) is 0 Å². The molecule has 2 N–H and O–H groups in total. The minimum atomic E-state index is -0.430. The molecule has 4 heterocycles. The summed E-state index contributed by atoms with van der Waals surface area (Å²) in [7, 11) is 0. The van der Waals surface area contributed by atoms with Crippen LogP contribution in [0.15, 0.2) is 33.9 Å². The smallest absolute Gasteiger partial charge is 0.337 e. The second kappa shape index (κ2) is 9.63. The van der Waals surface area contributed by atoms with Gasteiger partial charge in [-0.3, -0.25) is 4.57 Å². The number of urea groups is 1. The maximum absolute atomic E-state index is 12.3. The van der Waals surface area contributed by atoms with Crippen molar-refractivity contribution in [1.82, 2.24) is 25.4 Å². The molecule has 30 heavy (non-hydrogen) atoms. The molecule has 9 nitrogen and oxygen atoms in total. The van der Waals surface area contributed by atoms with Gasteiger partial charge in [0.25, 0.3) is 0 Å². The Labute approximate surface area is 182 Å². The molecule has 4 rings (SSSR count). The van der Waals surface area contributed by atoms with Crippen LogP contribution in [0.1, 0.15) is 19.8 Å². The van der Waals surface area contributed by atoms with Gasteiger partial charge in [-0.1, -0.05) is 17.8 Å². The maximum Gasteiger partial charge on any atom is 0.337 e. The van der Waals surface area contributed by atoms with Crippen molar-refractivity contribution in [3.05, 3.63) is 28.8 Å². The first-order valence-electron chi connectivity index (χ1n) is 9.81. The fraction of sp³-hybridized carbons (Fsp3) is 0.474. The van der Waals surface area contributed by atoms with Gasteiger partial charge in [0.1, 0.15) is 0 Å². The molecule has 1 fully saturated rings. The molecule has 1 unspecified atom stereocenters. The topological polar surface area (TPSA) is 107 Å². The lowest BCUT2D eigenvalue weighted by atomic mass is 10.2. The average Bonchev–Trinajstić information content (AvgIpc) is 3.49. The van der Waals surface area contributed by atoms with Crippen molar-refractivity contribution in [2.24, 2.45) is 0 Å². The number of ether oxygens (including phenoxy) is 2. The lowest BCUT2D eigenvalue weighted by molar-refractivity contribution is -0.138. The van der Waals surface area contributed by atoms with Gasteiger partial charge in [-0.05, 0) is 31.2 Å². The molecule has 2 aromatic rings. The van der Waals surface area contributed by atoms with E-state index in [4.69, 9.17) is 9.47 Å². The van der Waals surface area contributed by atoms with Crippen molar-refractivity contribution in [1.29, 1.82) is 0 Å². The zero-order valence-corrected chi connectivity index (χ0v) is 18.2. The first-order chi connectivity index (χ1) is 14.7. The third-order valence-corrected chi connectivity index (χ3v) is 6.65. The summed E-state index contributed by atoms with van der Waals surface area (Å²) in [5, 5.41) is 16.9. The molecule has 0 aromatic carbocycles. The molecule has 0 radical (unpaired) electrons. The van der Waals surface area contributed by atoms with Crippen LogP contribution in [0.4, 0.5) is 4.79 Å². The van der Waals surface area contributed by atoms with E-state index in [-0.39, 0.29) is 25.3 Å². The number of thioether (sulfide) groups is 1. The molecule has 2 amide bonds. The Morgan fingerprint density at radius 1 is 1.47 bits per heavy atom. The van der Waals surface area contributed by atoms with Gasteiger partial charge in [0.15, 0.2) is 11.0 Å². The molecule has 2 aliphatic heterocycles. The SMILES string of the molecule is CCOC(=O)C1=C(CSc2nnc(-c3cccs3)n2CC2CCCO2)NC(=O)NC1. The van der Waals surface area contributed by atoms with Gasteiger partial charge < -0.3 is 20.1 Å². The number of hydrogen-bond acceptors (Lipinski definition) is 8. The molecule has 0 aliphatic carbocycles. The Balaban J connectivity index is 1.57. The Bertz CT molecular complexity index is 935. The predicted octanol–water partition coefficient (Wildman–Crippen LogP) is 2.41. The second-order valence-corrected chi connectivity index (χ2v) is 8.69. The van der Waals surface area contributed by atoms with Crippen LogP contribution in [0, 0.1) is 0 Å². The molecule has 2 aromatic heterocycles. The van der Waals surface area contributed by atoms with E-state index in [9.17, 15) is 9.59 Å². The number of carbonyl (C=O) groups excluding carboxylic acids is 2. The van der Waals surface area contributed by atoms with E-state index < -0.39 is 5.97 Å². The van der Waals surface area contributed by atoms with Crippen molar-refractivity contribution >= 4 is 35.1 Å². The Kier molecular flexibility index (Phi) is 6.70. The molecule has 2 aliphatic rings. The van der Waals surface area contributed by atoms with Crippen LogP contribution >= 0.6 is 23.1 Å². The second-order valence-electron chi connectivity index (χ2n) is 6.80. The van der Waals surface area contributed by atoms with Crippen LogP contribution in [0.2, 0.25) is 0 Å². The van der Waals surface area contributed by atoms with E-state index in [1.165, 1.54) is 11.8 Å². The van der Waals surface area contributed by atoms with Crippen LogP contribution in [0.25, 0.3) is 10.7 Å². The lowest BCUT2D eigenvalue weighted by Crippen LogP contribution is -2.44. The predicted molar refractivity (Wildman–Crippen MR) is 113 cm³/mol. The highest BCUT2D eigenvalue weighted by Gasteiger charge is 2.26. The third kappa shape index (κ3) is 4.68. The minimum Gasteiger partial charge on any atom is -0.463 e. The molecule has 0 spiro atoms. The number of nitrogens with one attached hydrogen (secondary N) is 2. The highest BCUT2D eigenvalue weighted by molar-refractivity contribution is 7.99. The van der Waals surface area contributed by atoms with Crippen molar-refractivity contribution < 1.29 is 19.1 Å². The third-order valence-electron chi connectivity index (χ3n) is 4.79. The number of nitrogens with zero attached hydrogens (tertiary/aromatic N) is 3. The standard InChI is InChI=1S/C19H23N5O4S2/c1-2-27-17(25)13-9-20-18(26)21-14(13)11-30-19-23-22-16(15-6-4-8-29-15)24(19)10-12-5-3-7-28-12/h4,6,8,12H,2-3,5,7,9-11H2,1H3,(H2,20,21,26).